The van der Waals surface area contributed by atoms with E-state index in [-0.39, 0.29) is 17.4 Å². The predicted molar refractivity (Wildman–Crippen MR) is 94.8 cm³/mol. The maximum absolute atomic E-state index is 11.8. The number of likely N-dealkylation sites (tertiary alicyclic amines) is 1. The molecule has 1 aromatic heterocycles. The molecule has 0 bridgehead atoms. The van der Waals surface area contributed by atoms with E-state index in [9.17, 15) is 4.79 Å². The van der Waals surface area contributed by atoms with E-state index in [2.05, 4.69) is 15.3 Å². The van der Waals surface area contributed by atoms with E-state index >= 15 is 0 Å². The molecule has 0 radical (unpaired) electrons. The van der Waals surface area contributed by atoms with Crippen LogP contribution in [0, 0.1) is 0 Å². The van der Waals surface area contributed by atoms with E-state index in [1.54, 1.807) is 17.9 Å². The van der Waals surface area contributed by atoms with E-state index in [0.717, 1.165) is 23.7 Å². The van der Waals surface area contributed by atoms with Gasteiger partial charge in [-0.15, -0.1) is 0 Å². The summed E-state index contributed by atoms with van der Waals surface area (Å²) in [6.45, 7) is 3.49. The molecular weight excluding hydrogens is 351 g/mol. The molecule has 1 aliphatic rings. The molecule has 1 fully saturated rings. The summed E-state index contributed by atoms with van der Waals surface area (Å²) < 4.78 is 5.04. The Morgan fingerprint density at radius 1 is 1.33 bits per heavy atom. The first-order chi connectivity index (χ1) is 11.6. The van der Waals surface area contributed by atoms with Crippen LogP contribution in [-0.4, -0.2) is 46.7 Å². The molecule has 2 aromatic rings. The van der Waals surface area contributed by atoms with Gasteiger partial charge >= 0.3 is 6.09 Å². The van der Waals surface area contributed by atoms with Crippen LogP contribution < -0.4 is 5.32 Å². The second-order valence-electron chi connectivity index (χ2n) is 5.61. The van der Waals surface area contributed by atoms with Crippen LogP contribution in [0.25, 0.3) is 10.9 Å². The summed E-state index contributed by atoms with van der Waals surface area (Å²) in [7, 11) is 0. The third-order valence-electron chi connectivity index (χ3n) is 3.99. The van der Waals surface area contributed by atoms with E-state index in [1.165, 1.54) is 0 Å². The average molecular weight is 369 g/mol. The number of hydrogen-bond acceptors (Lipinski definition) is 5. The van der Waals surface area contributed by atoms with Gasteiger partial charge in [0.1, 0.15) is 5.82 Å². The molecule has 0 spiro atoms. The molecule has 0 unspecified atom stereocenters. The van der Waals surface area contributed by atoms with Crippen LogP contribution in [0.1, 0.15) is 19.8 Å². The van der Waals surface area contributed by atoms with Crippen molar-refractivity contribution < 1.29 is 9.53 Å². The number of halogens is 2. The summed E-state index contributed by atoms with van der Waals surface area (Å²) in [5.74, 6) is 0.669. The number of ether oxygens (including phenoxy) is 1. The summed E-state index contributed by atoms with van der Waals surface area (Å²) in [4.78, 5) is 22.0. The van der Waals surface area contributed by atoms with Crippen LogP contribution in [0.5, 0.6) is 0 Å². The first-order valence-electron chi connectivity index (χ1n) is 7.88. The molecule has 0 aliphatic carbocycles. The number of fused-ring (bicyclic) bond motifs is 1. The fourth-order valence-electron chi connectivity index (χ4n) is 2.80. The standard InChI is InChI=1S/C16H18Cl2N4O2/c1-2-24-16(23)22-7-5-11(6-8-22)19-14-12-9-10(17)3-4-13(12)20-15(18)21-14/h3-4,9,11H,2,5-8H2,1H3,(H,19,20,21). The Morgan fingerprint density at radius 3 is 2.79 bits per heavy atom. The molecule has 8 heteroatoms. The molecule has 1 N–H and O–H groups in total. The Morgan fingerprint density at radius 2 is 2.08 bits per heavy atom. The molecule has 1 amide bonds. The molecule has 1 aromatic carbocycles. The normalized spacial score (nSPS) is 15.5. The van der Waals surface area contributed by atoms with Crippen molar-refractivity contribution in [1.29, 1.82) is 0 Å². The average Bonchev–Trinajstić information content (AvgIpc) is 2.56. The number of rotatable bonds is 3. The number of hydrogen-bond donors (Lipinski definition) is 1. The minimum absolute atomic E-state index is 0.191. The van der Waals surface area contributed by atoms with E-state index in [1.807, 2.05) is 12.1 Å². The zero-order valence-corrected chi connectivity index (χ0v) is 14.8. The summed E-state index contributed by atoms with van der Waals surface area (Å²) in [5.41, 5.74) is 0.742. The molecule has 3 rings (SSSR count). The van der Waals surface area contributed by atoms with E-state index in [4.69, 9.17) is 27.9 Å². The topological polar surface area (TPSA) is 67.3 Å². The molecule has 128 valence electrons. The van der Waals surface area contributed by atoms with Crippen molar-refractivity contribution in [3.63, 3.8) is 0 Å². The molecule has 6 nitrogen and oxygen atoms in total. The first kappa shape index (κ1) is 17.0. The zero-order valence-electron chi connectivity index (χ0n) is 13.3. The maximum Gasteiger partial charge on any atom is 0.409 e. The van der Waals surface area contributed by atoms with Crippen molar-refractivity contribution in [3.8, 4) is 0 Å². The lowest BCUT2D eigenvalue weighted by Crippen LogP contribution is -2.42. The smallest absolute Gasteiger partial charge is 0.409 e. The van der Waals surface area contributed by atoms with Crippen molar-refractivity contribution in [1.82, 2.24) is 14.9 Å². The van der Waals surface area contributed by atoms with Crippen molar-refractivity contribution in [2.24, 2.45) is 0 Å². The Balaban J connectivity index is 1.72. The highest BCUT2D eigenvalue weighted by Crippen LogP contribution is 2.27. The number of nitrogens with one attached hydrogen (secondary N) is 1. The van der Waals surface area contributed by atoms with Gasteiger partial charge in [0, 0.05) is 29.5 Å². The van der Waals surface area contributed by atoms with Gasteiger partial charge in [0.15, 0.2) is 0 Å². The number of carbonyl (C=O) groups is 1. The predicted octanol–water partition coefficient (Wildman–Crippen LogP) is 3.97. The molecule has 1 saturated heterocycles. The number of nitrogens with zero attached hydrogens (tertiary/aromatic N) is 3. The van der Waals surface area contributed by atoms with Gasteiger partial charge in [0.25, 0.3) is 0 Å². The zero-order chi connectivity index (χ0) is 17.1. The third kappa shape index (κ3) is 3.82. The fourth-order valence-corrected chi connectivity index (χ4v) is 3.14. The van der Waals surface area contributed by atoms with Crippen molar-refractivity contribution in [3.05, 3.63) is 28.5 Å². The number of benzene rings is 1. The van der Waals surface area contributed by atoms with Crippen LogP contribution in [0.2, 0.25) is 10.3 Å². The van der Waals surface area contributed by atoms with Gasteiger partial charge < -0.3 is 15.0 Å². The van der Waals surface area contributed by atoms with Crippen LogP contribution in [0.3, 0.4) is 0 Å². The highest BCUT2D eigenvalue weighted by molar-refractivity contribution is 6.31. The van der Waals surface area contributed by atoms with Crippen molar-refractivity contribution in [2.45, 2.75) is 25.8 Å². The quantitative estimate of drug-likeness (QED) is 0.830. The second-order valence-corrected chi connectivity index (χ2v) is 6.38. The van der Waals surface area contributed by atoms with E-state index in [0.29, 0.717) is 30.5 Å². The third-order valence-corrected chi connectivity index (χ3v) is 4.40. The highest BCUT2D eigenvalue weighted by Gasteiger charge is 2.24. The highest BCUT2D eigenvalue weighted by atomic mass is 35.5. The lowest BCUT2D eigenvalue weighted by Gasteiger charge is -2.32. The summed E-state index contributed by atoms with van der Waals surface area (Å²) >= 11 is 12.1. The van der Waals surface area contributed by atoms with Gasteiger partial charge in [-0.1, -0.05) is 11.6 Å². The Labute approximate surface area is 150 Å². The molecular formula is C16H18Cl2N4O2. The SMILES string of the molecule is CCOC(=O)N1CCC(Nc2nc(Cl)nc3ccc(Cl)cc23)CC1. The monoisotopic (exact) mass is 368 g/mol. The van der Waals surface area contributed by atoms with Gasteiger partial charge in [0.05, 0.1) is 12.1 Å². The van der Waals surface area contributed by atoms with Crippen molar-refractivity contribution in [2.75, 3.05) is 25.0 Å². The molecule has 1 aliphatic heterocycles. The summed E-state index contributed by atoms with van der Waals surface area (Å²) in [5, 5.41) is 5.05. The van der Waals surface area contributed by atoms with Crippen molar-refractivity contribution >= 4 is 46.0 Å². The van der Waals surface area contributed by atoms with Gasteiger partial charge in [-0.3, -0.25) is 0 Å². The lowest BCUT2D eigenvalue weighted by atomic mass is 10.1. The fraction of sp³-hybridized carbons (Fsp3) is 0.438. The Hall–Kier alpha value is -1.79. The Kier molecular flexibility index (Phi) is 5.26. The van der Waals surface area contributed by atoms with Gasteiger partial charge in [-0.05, 0) is 49.6 Å². The molecule has 24 heavy (non-hydrogen) atoms. The maximum atomic E-state index is 11.8. The van der Waals surface area contributed by atoms with Crippen LogP contribution in [-0.2, 0) is 4.74 Å². The molecule has 0 atom stereocenters. The van der Waals surface area contributed by atoms with Gasteiger partial charge in [-0.25, -0.2) is 14.8 Å². The Bertz CT molecular complexity index is 748. The number of piperidine rings is 1. The van der Waals surface area contributed by atoms with Crippen LogP contribution in [0.15, 0.2) is 18.2 Å². The number of amides is 1. The van der Waals surface area contributed by atoms with Gasteiger partial charge in [0.2, 0.25) is 5.28 Å². The minimum atomic E-state index is -0.252. The first-order valence-corrected chi connectivity index (χ1v) is 8.63. The summed E-state index contributed by atoms with van der Waals surface area (Å²) in [6.07, 6.45) is 1.36. The van der Waals surface area contributed by atoms with Crippen LogP contribution in [0.4, 0.5) is 10.6 Å². The van der Waals surface area contributed by atoms with Crippen LogP contribution >= 0.6 is 23.2 Å². The van der Waals surface area contributed by atoms with Gasteiger partial charge in [-0.2, -0.15) is 0 Å². The van der Waals surface area contributed by atoms with E-state index < -0.39 is 0 Å². The summed E-state index contributed by atoms with van der Waals surface area (Å²) in [6, 6.07) is 5.61. The lowest BCUT2D eigenvalue weighted by molar-refractivity contribution is 0.0983. The molecule has 0 saturated carbocycles. The minimum Gasteiger partial charge on any atom is -0.450 e. The molecule has 2 heterocycles. The number of anilines is 1. The number of carbonyl (C=O) groups excluding carboxylic acids is 1. The second kappa shape index (κ2) is 7.40. The largest absolute Gasteiger partial charge is 0.450 e. The number of aromatic nitrogens is 2.